The van der Waals surface area contributed by atoms with E-state index >= 15 is 0 Å². The topological polar surface area (TPSA) is 52.5 Å². The first-order chi connectivity index (χ1) is 8.67. The number of nitriles is 1. The number of rotatable bonds is 3. The van der Waals surface area contributed by atoms with Gasteiger partial charge in [-0.15, -0.1) is 0 Å². The fourth-order valence-electron chi connectivity index (χ4n) is 1.91. The van der Waals surface area contributed by atoms with E-state index in [1.165, 1.54) is 0 Å². The molecular weight excluding hydrogens is 246 g/mol. The molecule has 3 nitrogen and oxygen atoms in total. The van der Waals surface area contributed by atoms with E-state index in [-0.39, 0.29) is 5.92 Å². The lowest BCUT2D eigenvalue weighted by Crippen LogP contribution is -1.96. The summed E-state index contributed by atoms with van der Waals surface area (Å²) in [6.45, 7) is 3.92. The van der Waals surface area contributed by atoms with E-state index in [4.69, 9.17) is 16.9 Å². The van der Waals surface area contributed by atoms with Gasteiger partial charge in [-0.25, -0.2) is 4.98 Å². The lowest BCUT2D eigenvalue weighted by Gasteiger charge is -2.01. The van der Waals surface area contributed by atoms with E-state index in [0.29, 0.717) is 10.8 Å². The van der Waals surface area contributed by atoms with Crippen molar-refractivity contribution in [2.75, 3.05) is 0 Å². The number of aromatic nitrogens is 2. The highest BCUT2D eigenvalue weighted by atomic mass is 35.5. The monoisotopic (exact) mass is 259 g/mol. The molecule has 0 bridgehead atoms. The Morgan fingerprint density at radius 2 is 2.17 bits per heavy atom. The fraction of sp³-hybridized carbons (Fsp3) is 0.286. The largest absolute Gasteiger partial charge is 0.344 e. The molecule has 2 aromatic rings. The standard InChI is InChI=1S/C14H14ClN3/c1-3-10(8-16)14-17-9(2)13(18-14)11-6-4-5-7-12(11)15/h4-7,10H,3H2,1-2H3,(H,17,18). The summed E-state index contributed by atoms with van der Waals surface area (Å²) >= 11 is 6.17. The van der Waals surface area contributed by atoms with Crippen molar-refractivity contribution in [3.8, 4) is 17.3 Å². The quantitative estimate of drug-likeness (QED) is 0.904. The molecule has 0 aliphatic heterocycles. The normalized spacial score (nSPS) is 12.1. The molecule has 2 rings (SSSR count). The molecule has 0 spiro atoms. The molecule has 1 atom stereocenters. The number of benzene rings is 1. The zero-order valence-electron chi connectivity index (χ0n) is 10.4. The van der Waals surface area contributed by atoms with Gasteiger partial charge in [-0.3, -0.25) is 0 Å². The van der Waals surface area contributed by atoms with Crippen molar-refractivity contribution in [1.82, 2.24) is 9.97 Å². The van der Waals surface area contributed by atoms with Crippen LogP contribution in [0.1, 0.15) is 30.8 Å². The molecule has 4 heteroatoms. The Bertz CT molecular complexity index is 595. The molecule has 0 aliphatic rings. The zero-order valence-corrected chi connectivity index (χ0v) is 11.1. The Labute approximate surface area is 111 Å². The second kappa shape index (κ2) is 5.24. The smallest absolute Gasteiger partial charge is 0.124 e. The van der Waals surface area contributed by atoms with Crippen LogP contribution >= 0.6 is 11.6 Å². The Morgan fingerprint density at radius 3 is 2.78 bits per heavy atom. The third-order valence-corrected chi connectivity index (χ3v) is 3.26. The number of hydrogen-bond donors (Lipinski definition) is 1. The summed E-state index contributed by atoms with van der Waals surface area (Å²) < 4.78 is 0. The molecule has 1 aromatic carbocycles. The first-order valence-electron chi connectivity index (χ1n) is 5.88. The molecule has 0 fully saturated rings. The van der Waals surface area contributed by atoms with Crippen molar-refractivity contribution in [1.29, 1.82) is 5.26 Å². The summed E-state index contributed by atoms with van der Waals surface area (Å²) in [5.41, 5.74) is 2.66. The van der Waals surface area contributed by atoms with Gasteiger partial charge in [0, 0.05) is 11.3 Å². The van der Waals surface area contributed by atoms with Gasteiger partial charge in [-0.2, -0.15) is 5.26 Å². The molecule has 1 heterocycles. The number of nitrogens with one attached hydrogen (secondary N) is 1. The molecule has 0 radical (unpaired) electrons. The van der Waals surface area contributed by atoms with Gasteiger partial charge in [0.15, 0.2) is 0 Å². The number of aromatic amines is 1. The third-order valence-electron chi connectivity index (χ3n) is 2.93. The van der Waals surface area contributed by atoms with Crippen LogP contribution in [0.3, 0.4) is 0 Å². The van der Waals surface area contributed by atoms with Crippen LogP contribution in [0.4, 0.5) is 0 Å². The predicted octanol–water partition coefficient (Wildman–Crippen LogP) is 4.06. The summed E-state index contributed by atoms with van der Waals surface area (Å²) in [4.78, 5) is 7.70. The highest BCUT2D eigenvalue weighted by molar-refractivity contribution is 6.33. The minimum absolute atomic E-state index is 0.195. The molecule has 1 N–H and O–H groups in total. The minimum atomic E-state index is -0.195. The summed E-state index contributed by atoms with van der Waals surface area (Å²) in [6, 6.07) is 9.84. The van der Waals surface area contributed by atoms with Gasteiger partial charge in [0.05, 0.1) is 16.8 Å². The van der Waals surface area contributed by atoms with Crippen molar-refractivity contribution < 1.29 is 0 Å². The average Bonchev–Trinajstić information content (AvgIpc) is 2.73. The number of hydrogen-bond acceptors (Lipinski definition) is 2. The summed E-state index contributed by atoms with van der Waals surface area (Å²) in [7, 11) is 0. The number of nitrogens with zero attached hydrogens (tertiary/aromatic N) is 2. The van der Waals surface area contributed by atoms with Gasteiger partial charge in [-0.1, -0.05) is 36.7 Å². The Hall–Kier alpha value is -1.79. The maximum atomic E-state index is 9.07. The van der Waals surface area contributed by atoms with Gasteiger partial charge in [-0.05, 0) is 19.4 Å². The molecule has 0 saturated carbocycles. The zero-order chi connectivity index (χ0) is 13.1. The van der Waals surface area contributed by atoms with Crippen molar-refractivity contribution in [3.05, 3.63) is 40.8 Å². The summed E-state index contributed by atoms with van der Waals surface area (Å²) in [6.07, 6.45) is 0.741. The van der Waals surface area contributed by atoms with Gasteiger partial charge in [0.1, 0.15) is 11.7 Å². The van der Waals surface area contributed by atoms with Crippen LogP contribution in [-0.2, 0) is 0 Å². The van der Waals surface area contributed by atoms with Crippen LogP contribution in [0.5, 0.6) is 0 Å². The van der Waals surface area contributed by atoms with E-state index < -0.39 is 0 Å². The SMILES string of the molecule is CCC(C#N)c1nc(-c2ccccc2Cl)c(C)[nH]1. The number of aryl methyl sites for hydroxylation is 1. The van der Waals surface area contributed by atoms with E-state index in [0.717, 1.165) is 23.4 Å². The number of imidazole rings is 1. The first kappa shape index (κ1) is 12.7. The Morgan fingerprint density at radius 1 is 1.44 bits per heavy atom. The maximum Gasteiger partial charge on any atom is 0.124 e. The molecule has 0 saturated heterocycles. The van der Waals surface area contributed by atoms with Crippen LogP contribution < -0.4 is 0 Å². The molecule has 1 unspecified atom stereocenters. The van der Waals surface area contributed by atoms with Gasteiger partial charge >= 0.3 is 0 Å². The van der Waals surface area contributed by atoms with Crippen molar-refractivity contribution in [2.24, 2.45) is 0 Å². The summed E-state index contributed by atoms with van der Waals surface area (Å²) in [5, 5.41) is 9.74. The average molecular weight is 260 g/mol. The molecular formula is C14H14ClN3. The fourth-order valence-corrected chi connectivity index (χ4v) is 2.14. The van der Waals surface area contributed by atoms with Gasteiger partial charge in [0.25, 0.3) is 0 Å². The second-order valence-electron chi connectivity index (χ2n) is 4.17. The van der Waals surface area contributed by atoms with E-state index in [1.54, 1.807) is 0 Å². The van der Waals surface area contributed by atoms with E-state index in [2.05, 4.69) is 16.0 Å². The molecule has 92 valence electrons. The molecule has 1 aromatic heterocycles. The third kappa shape index (κ3) is 2.25. The van der Waals surface area contributed by atoms with Crippen molar-refractivity contribution >= 4 is 11.6 Å². The number of H-pyrrole nitrogens is 1. The van der Waals surface area contributed by atoms with Crippen LogP contribution in [-0.4, -0.2) is 9.97 Å². The lowest BCUT2D eigenvalue weighted by atomic mass is 10.1. The summed E-state index contributed by atoms with van der Waals surface area (Å²) in [5.74, 6) is 0.521. The van der Waals surface area contributed by atoms with Gasteiger partial charge < -0.3 is 4.98 Å². The van der Waals surface area contributed by atoms with E-state index in [9.17, 15) is 0 Å². The maximum absolute atomic E-state index is 9.07. The minimum Gasteiger partial charge on any atom is -0.344 e. The highest BCUT2D eigenvalue weighted by Crippen LogP contribution is 2.30. The van der Waals surface area contributed by atoms with Gasteiger partial charge in [0.2, 0.25) is 0 Å². The van der Waals surface area contributed by atoms with E-state index in [1.807, 2.05) is 38.1 Å². The second-order valence-corrected chi connectivity index (χ2v) is 4.57. The van der Waals surface area contributed by atoms with Crippen LogP contribution in [0, 0.1) is 18.3 Å². The van der Waals surface area contributed by atoms with Crippen LogP contribution in [0.25, 0.3) is 11.3 Å². The molecule has 18 heavy (non-hydrogen) atoms. The Kier molecular flexibility index (Phi) is 3.69. The molecule has 0 amide bonds. The van der Waals surface area contributed by atoms with Crippen LogP contribution in [0.15, 0.2) is 24.3 Å². The molecule has 0 aliphatic carbocycles. The number of halogens is 1. The predicted molar refractivity (Wildman–Crippen MR) is 72.4 cm³/mol. The van der Waals surface area contributed by atoms with Crippen LogP contribution in [0.2, 0.25) is 5.02 Å². The Balaban J connectivity index is 2.48. The lowest BCUT2D eigenvalue weighted by molar-refractivity contribution is 0.764. The van der Waals surface area contributed by atoms with Crippen molar-refractivity contribution in [3.63, 3.8) is 0 Å². The first-order valence-corrected chi connectivity index (χ1v) is 6.26. The highest BCUT2D eigenvalue weighted by Gasteiger charge is 2.16. The van der Waals surface area contributed by atoms with Crippen molar-refractivity contribution in [2.45, 2.75) is 26.2 Å².